The molecule has 2 aromatic rings. The first-order chi connectivity index (χ1) is 13.4. The Morgan fingerprint density at radius 3 is 2.46 bits per heavy atom. The summed E-state index contributed by atoms with van der Waals surface area (Å²) in [5.74, 6) is 0.212. The second kappa shape index (κ2) is 8.78. The smallest absolute Gasteiger partial charge is 0.307 e. The van der Waals surface area contributed by atoms with Crippen LogP contribution in [-0.4, -0.2) is 46.3 Å². The topological polar surface area (TPSA) is 64.4 Å². The largest absolute Gasteiger partial charge is 0.466 e. The van der Waals surface area contributed by atoms with Crippen molar-refractivity contribution in [2.75, 3.05) is 19.7 Å². The van der Waals surface area contributed by atoms with Gasteiger partial charge in [0, 0.05) is 18.7 Å². The van der Waals surface area contributed by atoms with Crippen LogP contribution in [0.15, 0.2) is 24.3 Å². The lowest BCUT2D eigenvalue weighted by Gasteiger charge is -2.22. The van der Waals surface area contributed by atoms with Gasteiger partial charge in [-0.05, 0) is 63.8 Å². The van der Waals surface area contributed by atoms with Crippen LogP contribution in [0.3, 0.4) is 0 Å². The summed E-state index contributed by atoms with van der Waals surface area (Å²) < 4.78 is 6.76. The van der Waals surface area contributed by atoms with Crippen LogP contribution < -0.4 is 0 Å². The van der Waals surface area contributed by atoms with Crippen molar-refractivity contribution in [1.29, 1.82) is 0 Å². The number of halogens is 1. The number of carbonyl (C=O) groups excluding carboxylic acids is 2. The third-order valence-corrected chi connectivity index (χ3v) is 5.46. The zero-order valence-corrected chi connectivity index (χ0v) is 17.3. The summed E-state index contributed by atoms with van der Waals surface area (Å²) in [6.45, 7) is 6.98. The molecule has 3 rings (SSSR count). The molecule has 1 aromatic heterocycles. The quantitative estimate of drug-likeness (QED) is 0.626. The van der Waals surface area contributed by atoms with Crippen LogP contribution in [0, 0.1) is 19.8 Å². The highest BCUT2D eigenvalue weighted by Crippen LogP contribution is 2.30. The number of nitrogens with zero attached hydrogens (tertiary/aromatic N) is 3. The van der Waals surface area contributed by atoms with Gasteiger partial charge in [0.2, 0.25) is 0 Å². The number of hydrogen-bond donors (Lipinski definition) is 0. The summed E-state index contributed by atoms with van der Waals surface area (Å²) in [4.78, 5) is 26.4. The maximum atomic E-state index is 13.0. The van der Waals surface area contributed by atoms with Crippen molar-refractivity contribution < 1.29 is 14.3 Å². The van der Waals surface area contributed by atoms with E-state index in [9.17, 15) is 9.59 Å². The lowest BCUT2D eigenvalue weighted by Crippen LogP contribution is -2.35. The third-order valence-electron chi connectivity index (χ3n) is 4.92. The summed E-state index contributed by atoms with van der Waals surface area (Å²) in [5.41, 5.74) is 3.09. The van der Waals surface area contributed by atoms with Gasteiger partial charge >= 0.3 is 5.97 Å². The fourth-order valence-corrected chi connectivity index (χ4v) is 3.27. The molecule has 1 aliphatic rings. The van der Waals surface area contributed by atoms with Crippen LogP contribution in [0.5, 0.6) is 0 Å². The van der Waals surface area contributed by atoms with Gasteiger partial charge in [-0.3, -0.25) is 9.59 Å². The first-order valence-electron chi connectivity index (χ1n) is 9.67. The molecule has 150 valence electrons. The lowest BCUT2D eigenvalue weighted by molar-refractivity contribution is -0.143. The van der Waals surface area contributed by atoms with E-state index < -0.39 is 0 Å². The van der Waals surface area contributed by atoms with Crippen molar-refractivity contribution in [3.8, 4) is 5.69 Å². The molecule has 0 bridgehead atoms. The predicted molar refractivity (Wildman–Crippen MR) is 108 cm³/mol. The number of esters is 1. The van der Waals surface area contributed by atoms with Crippen LogP contribution in [0.1, 0.15) is 47.9 Å². The summed E-state index contributed by atoms with van der Waals surface area (Å²) in [7, 11) is 0. The highest BCUT2D eigenvalue weighted by molar-refractivity contribution is 6.31. The van der Waals surface area contributed by atoms with Gasteiger partial charge in [-0.2, -0.15) is 5.10 Å². The van der Waals surface area contributed by atoms with Gasteiger partial charge in [-0.25, -0.2) is 4.68 Å². The van der Waals surface area contributed by atoms with Gasteiger partial charge in [0.25, 0.3) is 5.91 Å². The summed E-state index contributed by atoms with van der Waals surface area (Å²) in [6, 6.07) is 7.33. The number of rotatable bonds is 8. The van der Waals surface area contributed by atoms with Gasteiger partial charge in [0.15, 0.2) is 0 Å². The van der Waals surface area contributed by atoms with Crippen molar-refractivity contribution in [3.63, 3.8) is 0 Å². The number of aryl methyl sites for hydroxylation is 1. The lowest BCUT2D eigenvalue weighted by atomic mass is 10.1. The minimum absolute atomic E-state index is 0.0610. The average Bonchev–Trinajstić information content (AvgIpc) is 3.47. The van der Waals surface area contributed by atoms with Gasteiger partial charge in [0.05, 0.1) is 35.1 Å². The van der Waals surface area contributed by atoms with E-state index in [4.69, 9.17) is 16.3 Å². The molecule has 0 unspecified atom stereocenters. The van der Waals surface area contributed by atoms with E-state index in [1.165, 1.54) is 0 Å². The zero-order valence-electron chi connectivity index (χ0n) is 16.6. The molecule has 6 nitrogen and oxygen atoms in total. The summed E-state index contributed by atoms with van der Waals surface area (Å²) in [6.07, 6.45) is 2.50. The van der Waals surface area contributed by atoms with Crippen LogP contribution in [0.2, 0.25) is 5.02 Å². The number of aromatic nitrogens is 2. The van der Waals surface area contributed by atoms with Gasteiger partial charge in [-0.15, -0.1) is 0 Å². The summed E-state index contributed by atoms with van der Waals surface area (Å²) >= 11 is 6.23. The molecule has 0 aliphatic heterocycles. The molecule has 28 heavy (non-hydrogen) atoms. The molecule has 1 fully saturated rings. The molecule has 1 aromatic carbocycles. The molecule has 1 aliphatic carbocycles. The Labute approximate surface area is 170 Å². The Kier molecular flexibility index (Phi) is 6.39. The Balaban J connectivity index is 1.73. The van der Waals surface area contributed by atoms with Crippen LogP contribution >= 0.6 is 11.6 Å². The van der Waals surface area contributed by atoms with Gasteiger partial charge in [0.1, 0.15) is 0 Å². The fourth-order valence-electron chi connectivity index (χ4n) is 3.15. The van der Waals surface area contributed by atoms with Crippen molar-refractivity contribution in [1.82, 2.24) is 14.7 Å². The second-order valence-electron chi connectivity index (χ2n) is 7.19. The van der Waals surface area contributed by atoms with Crippen molar-refractivity contribution in [2.24, 2.45) is 5.92 Å². The number of carbonyl (C=O) groups is 2. The van der Waals surface area contributed by atoms with Crippen molar-refractivity contribution in [2.45, 2.75) is 40.0 Å². The number of hydrogen-bond acceptors (Lipinski definition) is 4. The number of benzene rings is 1. The maximum Gasteiger partial charge on any atom is 0.307 e. The van der Waals surface area contributed by atoms with E-state index in [2.05, 4.69) is 5.10 Å². The Bertz CT molecular complexity index is 857. The molecular formula is C21H26ClN3O3. The molecule has 1 amide bonds. The molecule has 7 heteroatoms. The molecule has 0 atom stereocenters. The normalized spacial score (nSPS) is 13.4. The van der Waals surface area contributed by atoms with E-state index in [-0.39, 0.29) is 18.3 Å². The SMILES string of the molecule is CCOC(=O)CCN(CC1CC1)C(=O)c1ccc(-n2nc(C)c(Cl)c2C)cc1. The maximum absolute atomic E-state index is 13.0. The fraction of sp³-hybridized carbons (Fsp3) is 0.476. The Morgan fingerprint density at radius 2 is 1.93 bits per heavy atom. The molecular weight excluding hydrogens is 378 g/mol. The first-order valence-corrected chi connectivity index (χ1v) is 10.1. The molecule has 0 N–H and O–H groups in total. The minimum atomic E-state index is -0.271. The summed E-state index contributed by atoms with van der Waals surface area (Å²) in [5, 5.41) is 5.09. The highest BCUT2D eigenvalue weighted by Gasteiger charge is 2.27. The molecule has 0 spiro atoms. The number of ether oxygens (including phenoxy) is 1. The third kappa shape index (κ3) is 4.73. The monoisotopic (exact) mass is 403 g/mol. The Morgan fingerprint density at radius 1 is 1.25 bits per heavy atom. The molecule has 0 saturated heterocycles. The first kappa shape index (κ1) is 20.4. The second-order valence-corrected chi connectivity index (χ2v) is 7.57. The molecule has 1 saturated carbocycles. The standard InChI is InChI=1S/C21H26ClN3O3/c1-4-28-19(26)11-12-24(13-16-5-6-16)21(27)17-7-9-18(10-8-17)25-15(3)20(22)14(2)23-25/h7-10,16H,4-6,11-13H2,1-3H3. The van der Waals surface area contributed by atoms with Crippen molar-refractivity contribution >= 4 is 23.5 Å². The van der Waals surface area contributed by atoms with Crippen LogP contribution in [0.4, 0.5) is 0 Å². The molecule has 1 heterocycles. The van der Waals surface area contributed by atoms with Crippen LogP contribution in [-0.2, 0) is 9.53 Å². The van der Waals surface area contributed by atoms with Crippen molar-refractivity contribution in [3.05, 3.63) is 46.2 Å². The molecule has 0 radical (unpaired) electrons. The predicted octanol–water partition coefficient (Wildman–Crippen LogP) is 3.95. The van der Waals surface area contributed by atoms with Crippen LogP contribution in [0.25, 0.3) is 5.69 Å². The van der Waals surface area contributed by atoms with E-state index in [0.717, 1.165) is 29.9 Å². The van der Waals surface area contributed by atoms with Gasteiger partial charge < -0.3 is 9.64 Å². The number of amides is 1. The van der Waals surface area contributed by atoms with E-state index in [1.54, 1.807) is 28.6 Å². The minimum Gasteiger partial charge on any atom is -0.466 e. The van der Waals surface area contributed by atoms with E-state index in [1.807, 2.05) is 26.0 Å². The zero-order chi connectivity index (χ0) is 20.3. The van der Waals surface area contributed by atoms with E-state index in [0.29, 0.717) is 36.2 Å². The van der Waals surface area contributed by atoms with Gasteiger partial charge in [-0.1, -0.05) is 11.6 Å². The van der Waals surface area contributed by atoms with E-state index >= 15 is 0 Å². The highest BCUT2D eigenvalue weighted by atomic mass is 35.5. The average molecular weight is 404 g/mol. The Hall–Kier alpha value is -2.34.